The minimum absolute atomic E-state index is 0.719. The molecule has 0 aromatic rings. The van der Waals surface area contributed by atoms with Crippen molar-refractivity contribution in [1.82, 2.24) is 0 Å². The van der Waals surface area contributed by atoms with Crippen LogP contribution in [0.4, 0.5) is 0 Å². The van der Waals surface area contributed by atoms with E-state index in [9.17, 15) is 0 Å². The summed E-state index contributed by atoms with van der Waals surface area (Å²) in [5.74, 6) is 2.27. The Kier molecular flexibility index (Phi) is 13.7. The van der Waals surface area contributed by atoms with Crippen molar-refractivity contribution in [1.29, 1.82) is 0 Å². The number of thioether (sulfide) groups is 1. The molecular formula is C24H44S. The zero-order chi connectivity index (χ0) is 18.3. The molecule has 0 bridgehead atoms. The van der Waals surface area contributed by atoms with Gasteiger partial charge in [-0.05, 0) is 48.2 Å². The number of allylic oxidation sites excluding steroid dienone is 3. The lowest BCUT2D eigenvalue weighted by Gasteiger charge is -2.33. The van der Waals surface area contributed by atoms with Crippen LogP contribution >= 0.6 is 11.8 Å². The van der Waals surface area contributed by atoms with Crippen molar-refractivity contribution in [3.05, 3.63) is 23.6 Å². The molecule has 1 aliphatic rings. The summed E-state index contributed by atoms with van der Waals surface area (Å²) in [4.78, 5) is 1.43. The van der Waals surface area contributed by atoms with Crippen molar-refractivity contribution in [3.8, 4) is 0 Å². The zero-order valence-corrected chi connectivity index (χ0v) is 18.2. The third-order valence-electron chi connectivity index (χ3n) is 5.95. The summed E-state index contributed by atoms with van der Waals surface area (Å²) in [6, 6.07) is 0. The molecule has 0 aliphatic heterocycles. The Morgan fingerprint density at radius 1 is 0.840 bits per heavy atom. The molecule has 146 valence electrons. The van der Waals surface area contributed by atoms with Gasteiger partial charge in [0.15, 0.2) is 0 Å². The molecule has 1 rings (SSSR count). The van der Waals surface area contributed by atoms with Gasteiger partial charge in [0.1, 0.15) is 0 Å². The van der Waals surface area contributed by atoms with Gasteiger partial charge >= 0.3 is 0 Å². The summed E-state index contributed by atoms with van der Waals surface area (Å²) in [6.07, 6.45) is 26.9. The van der Waals surface area contributed by atoms with Crippen LogP contribution in [0.3, 0.4) is 0 Å². The molecule has 0 fully saturated rings. The van der Waals surface area contributed by atoms with Gasteiger partial charge in [-0.3, -0.25) is 0 Å². The largest absolute Gasteiger partial charge is 0.134 e. The summed E-state index contributed by atoms with van der Waals surface area (Å²) in [6.45, 7) is 8.99. The highest BCUT2D eigenvalue weighted by Gasteiger charge is 2.27. The highest BCUT2D eigenvalue weighted by Crippen LogP contribution is 2.40. The molecule has 0 radical (unpaired) electrons. The van der Waals surface area contributed by atoms with Crippen LogP contribution in [0.25, 0.3) is 0 Å². The molecule has 0 nitrogen and oxygen atoms in total. The van der Waals surface area contributed by atoms with E-state index in [2.05, 4.69) is 38.8 Å². The molecule has 0 aromatic carbocycles. The summed E-state index contributed by atoms with van der Waals surface area (Å²) in [7, 11) is 0. The molecule has 0 spiro atoms. The maximum absolute atomic E-state index is 4.40. The van der Waals surface area contributed by atoms with E-state index in [1.807, 2.05) is 11.8 Å². The minimum atomic E-state index is 0.719. The Labute approximate surface area is 163 Å². The van der Waals surface area contributed by atoms with Gasteiger partial charge in [0.05, 0.1) is 0 Å². The van der Waals surface area contributed by atoms with E-state index in [1.165, 1.54) is 94.8 Å². The van der Waals surface area contributed by atoms with Crippen LogP contribution in [-0.4, -0.2) is 6.26 Å². The van der Waals surface area contributed by atoms with Gasteiger partial charge < -0.3 is 0 Å². The molecule has 1 aliphatic carbocycles. The molecule has 0 saturated heterocycles. The van der Waals surface area contributed by atoms with Gasteiger partial charge in [-0.25, -0.2) is 0 Å². The SMILES string of the molecule is C=C(SC)C1CC(CCCCCC)C=CC1CCCCCCCCC. The van der Waals surface area contributed by atoms with Crippen LogP contribution < -0.4 is 0 Å². The van der Waals surface area contributed by atoms with Crippen molar-refractivity contribution in [2.45, 2.75) is 104 Å². The molecule has 3 unspecified atom stereocenters. The standard InChI is InChI=1S/C24H44S/c1-5-7-9-11-12-13-15-17-23-19-18-22(16-14-10-8-6-2)20-24(23)21(3)25-4/h18-19,22-24H,3,5-17,20H2,1-2,4H3. The van der Waals surface area contributed by atoms with Crippen molar-refractivity contribution in [2.75, 3.05) is 6.26 Å². The Bertz CT molecular complexity index is 357. The summed E-state index contributed by atoms with van der Waals surface area (Å²) in [5.41, 5.74) is 0. The predicted molar refractivity (Wildman–Crippen MR) is 118 cm³/mol. The summed E-state index contributed by atoms with van der Waals surface area (Å²) in [5, 5.41) is 0. The van der Waals surface area contributed by atoms with E-state index in [4.69, 9.17) is 0 Å². The van der Waals surface area contributed by atoms with E-state index >= 15 is 0 Å². The normalized spacial score (nSPS) is 23.1. The first-order valence-corrected chi connectivity index (χ1v) is 12.4. The number of hydrogen-bond acceptors (Lipinski definition) is 1. The fraction of sp³-hybridized carbons (Fsp3) is 0.833. The fourth-order valence-electron chi connectivity index (χ4n) is 4.22. The average molecular weight is 365 g/mol. The molecule has 0 amide bonds. The Morgan fingerprint density at radius 3 is 2.04 bits per heavy atom. The summed E-state index contributed by atoms with van der Waals surface area (Å²) < 4.78 is 0. The fourth-order valence-corrected chi connectivity index (χ4v) is 4.79. The third kappa shape index (κ3) is 9.92. The van der Waals surface area contributed by atoms with Crippen LogP contribution in [0.2, 0.25) is 0 Å². The maximum atomic E-state index is 4.40. The molecule has 0 saturated carbocycles. The topological polar surface area (TPSA) is 0 Å². The van der Waals surface area contributed by atoms with Crippen molar-refractivity contribution < 1.29 is 0 Å². The zero-order valence-electron chi connectivity index (χ0n) is 17.4. The molecular weight excluding hydrogens is 320 g/mol. The van der Waals surface area contributed by atoms with E-state index in [-0.39, 0.29) is 0 Å². The first-order chi connectivity index (χ1) is 12.2. The highest BCUT2D eigenvalue weighted by atomic mass is 32.2. The van der Waals surface area contributed by atoms with Crippen molar-refractivity contribution >= 4 is 11.8 Å². The van der Waals surface area contributed by atoms with Gasteiger partial charge in [-0.15, -0.1) is 11.8 Å². The van der Waals surface area contributed by atoms with Gasteiger partial charge in [-0.2, -0.15) is 0 Å². The molecule has 3 atom stereocenters. The van der Waals surface area contributed by atoms with Gasteiger partial charge in [-0.1, -0.05) is 103 Å². The van der Waals surface area contributed by atoms with E-state index in [1.54, 1.807) is 0 Å². The summed E-state index contributed by atoms with van der Waals surface area (Å²) >= 11 is 1.89. The first kappa shape index (κ1) is 22.9. The van der Waals surface area contributed by atoms with Crippen LogP contribution in [0.5, 0.6) is 0 Å². The second kappa shape index (κ2) is 14.9. The monoisotopic (exact) mass is 364 g/mol. The highest BCUT2D eigenvalue weighted by molar-refractivity contribution is 8.02. The quantitative estimate of drug-likeness (QED) is 0.207. The number of unbranched alkanes of at least 4 members (excludes halogenated alkanes) is 9. The van der Waals surface area contributed by atoms with E-state index < -0.39 is 0 Å². The lowest BCUT2D eigenvalue weighted by Crippen LogP contribution is -2.21. The van der Waals surface area contributed by atoms with Crippen LogP contribution in [0.1, 0.15) is 104 Å². The van der Waals surface area contributed by atoms with Gasteiger partial charge in [0.25, 0.3) is 0 Å². The molecule has 1 heteroatoms. The van der Waals surface area contributed by atoms with Crippen molar-refractivity contribution in [3.63, 3.8) is 0 Å². The van der Waals surface area contributed by atoms with E-state index in [0.717, 1.165) is 17.8 Å². The van der Waals surface area contributed by atoms with Gasteiger partial charge in [0, 0.05) is 0 Å². The van der Waals surface area contributed by atoms with E-state index in [0.29, 0.717) is 0 Å². The lowest BCUT2D eigenvalue weighted by molar-refractivity contribution is 0.325. The predicted octanol–water partition coefficient (Wildman–Crippen LogP) is 8.78. The smallest absolute Gasteiger partial charge is 0.00395 e. The van der Waals surface area contributed by atoms with Gasteiger partial charge in [0.2, 0.25) is 0 Å². The number of hydrogen-bond donors (Lipinski definition) is 0. The third-order valence-corrected chi connectivity index (χ3v) is 6.78. The Hall–Kier alpha value is -0.170. The molecule has 0 N–H and O–H groups in total. The Morgan fingerprint density at radius 2 is 1.40 bits per heavy atom. The Balaban J connectivity index is 2.35. The van der Waals surface area contributed by atoms with Crippen LogP contribution in [0.15, 0.2) is 23.6 Å². The maximum Gasteiger partial charge on any atom is -0.00395 e. The second-order valence-corrected chi connectivity index (χ2v) is 9.01. The van der Waals surface area contributed by atoms with Crippen LogP contribution in [0, 0.1) is 17.8 Å². The lowest BCUT2D eigenvalue weighted by atomic mass is 9.75. The molecule has 0 aromatic heterocycles. The van der Waals surface area contributed by atoms with Crippen molar-refractivity contribution in [2.24, 2.45) is 17.8 Å². The average Bonchev–Trinajstić information content (AvgIpc) is 2.64. The number of rotatable bonds is 15. The molecule has 25 heavy (non-hydrogen) atoms. The second-order valence-electron chi connectivity index (χ2n) is 8.08. The van der Waals surface area contributed by atoms with Crippen LogP contribution in [-0.2, 0) is 0 Å². The first-order valence-electron chi connectivity index (χ1n) is 11.1. The minimum Gasteiger partial charge on any atom is -0.134 e. The molecule has 0 heterocycles.